The van der Waals surface area contributed by atoms with Gasteiger partial charge in [-0.3, -0.25) is 9.78 Å². The van der Waals surface area contributed by atoms with Gasteiger partial charge in [0.2, 0.25) is 0 Å². The first-order chi connectivity index (χ1) is 14.4. The number of H-pyrrole nitrogens is 1. The van der Waals surface area contributed by atoms with Crippen LogP contribution in [0.4, 0.5) is 8.78 Å². The summed E-state index contributed by atoms with van der Waals surface area (Å²) in [6, 6.07) is 6.93. The first kappa shape index (κ1) is 20.2. The Bertz CT molecular complexity index is 1330. The monoisotopic (exact) mass is 430 g/mol. The maximum absolute atomic E-state index is 13.5. The van der Waals surface area contributed by atoms with Crippen LogP contribution in [0.2, 0.25) is 5.02 Å². The van der Waals surface area contributed by atoms with Crippen LogP contribution in [0.5, 0.6) is 0 Å². The van der Waals surface area contributed by atoms with E-state index < -0.39 is 22.9 Å². The summed E-state index contributed by atoms with van der Waals surface area (Å²) in [4.78, 5) is 34.5. The zero-order valence-electron chi connectivity index (χ0n) is 16.0. The summed E-state index contributed by atoms with van der Waals surface area (Å²) in [5.74, 6) is -1.11. The number of aryl methyl sites for hydroxylation is 3. The fraction of sp³-hybridized carbons (Fsp3) is 0.238. The van der Waals surface area contributed by atoms with Crippen molar-refractivity contribution in [3.63, 3.8) is 0 Å². The molecular formula is C21H17ClF2N4O2. The van der Waals surface area contributed by atoms with Gasteiger partial charge in [0, 0.05) is 17.6 Å². The van der Waals surface area contributed by atoms with Gasteiger partial charge in [0.1, 0.15) is 11.6 Å². The Balaban J connectivity index is 1.82. The molecular weight excluding hydrogens is 414 g/mol. The van der Waals surface area contributed by atoms with E-state index in [-0.39, 0.29) is 11.5 Å². The Morgan fingerprint density at radius 2 is 1.80 bits per heavy atom. The van der Waals surface area contributed by atoms with Crippen LogP contribution in [0.25, 0.3) is 22.6 Å². The van der Waals surface area contributed by atoms with Gasteiger partial charge in [-0.25, -0.2) is 18.6 Å². The van der Waals surface area contributed by atoms with Crippen molar-refractivity contribution in [2.24, 2.45) is 0 Å². The highest BCUT2D eigenvalue weighted by Crippen LogP contribution is 2.27. The summed E-state index contributed by atoms with van der Waals surface area (Å²) >= 11 is 6.31. The standard InChI is InChI=1S/C21H17ClF2N4O2/c1-2-12-8-17-16(10-15(12)22)25-18-19(26-21(30)27-20(18)29)28(17)5-3-4-11-6-13(23)9-14(24)7-11/h6-10H,2-5H2,1H3,(H,27,29,30). The Labute approximate surface area is 174 Å². The van der Waals surface area contributed by atoms with Crippen LogP contribution in [0.1, 0.15) is 24.5 Å². The van der Waals surface area contributed by atoms with Crippen LogP contribution >= 0.6 is 11.6 Å². The molecule has 0 saturated heterocycles. The number of hydrogen-bond donors (Lipinski definition) is 1. The molecule has 0 spiro atoms. The number of aromatic nitrogens is 4. The van der Waals surface area contributed by atoms with Gasteiger partial charge in [-0.05, 0) is 54.7 Å². The van der Waals surface area contributed by atoms with Crippen molar-refractivity contribution in [2.45, 2.75) is 32.7 Å². The van der Waals surface area contributed by atoms with Gasteiger partial charge in [-0.2, -0.15) is 4.98 Å². The van der Waals surface area contributed by atoms with E-state index in [0.29, 0.717) is 47.4 Å². The fourth-order valence-electron chi connectivity index (χ4n) is 3.55. The second-order valence-electron chi connectivity index (χ2n) is 6.97. The van der Waals surface area contributed by atoms with E-state index in [9.17, 15) is 18.4 Å². The second-order valence-corrected chi connectivity index (χ2v) is 7.38. The molecule has 9 heteroatoms. The predicted octanol–water partition coefficient (Wildman–Crippen LogP) is 3.71. The number of aromatic amines is 1. The molecule has 4 rings (SSSR count). The fourth-order valence-corrected chi connectivity index (χ4v) is 3.84. The number of nitrogens with zero attached hydrogens (tertiary/aromatic N) is 3. The number of nitrogens with one attached hydrogen (secondary N) is 1. The predicted molar refractivity (Wildman–Crippen MR) is 110 cm³/mol. The maximum Gasteiger partial charge on any atom is 0.349 e. The number of halogens is 3. The maximum atomic E-state index is 13.5. The van der Waals surface area contributed by atoms with Gasteiger partial charge in [0.15, 0.2) is 11.5 Å². The molecule has 1 N–H and O–H groups in total. The van der Waals surface area contributed by atoms with Crippen molar-refractivity contribution in [3.8, 4) is 11.5 Å². The molecule has 2 aromatic carbocycles. The van der Waals surface area contributed by atoms with Crippen molar-refractivity contribution in [3.05, 3.63) is 79.0 Å². The van der Waals surface area contributed by atoms with Crippen LogP contribution in [0.3, 0.4) is 0 Å². The lowest BCUT2D eigenvalue weighted by Crippen LogP contribution is -2.29. The smallest absolute Gasteiger partial charge is 0.322 e. The molecule has 6 nitrogen and oxygen atoms in total. The lowest BCUT2D eigenvalue weighted by Gasteiger charge is -2.18. The summed E-state index contributed by atoms with van der Waals surface area (Å²) < 4.78 is 28.6. The Kier molecular flexibility index (Phi) is 5.34. The summed E-state index contributed by atoms with van der Waals surface area (Å²) in [7, 11) is 0. The molecule has 154 valence electrons. The van der Waals surface area contributed by atoms with Gasteiger partial charge >= 0.3 is 5.69 Å². The van der Waals surface area contributed by atoms with Gasteiger partial charge in [-0.15, -0.1) is 0 Å². The van der Waals surface area contributed by atoms with Gasteiger partial charge in [0.05, 0.1) is 11.0 Å². The molecule has 0 amide bonds. The third-order valence-corrected chi connectivity index (χ3v) is 5.28. The van der Waals surface area contributed by atoms with Crippen LogP contribution in [0, 0.1) is 11.6 Å². The highest BCUT2D eigenvalue weighted by molar-refractivity contribution is 6.32. The lowest BCUT2D eigenvalue weighted by molar-refractivity contribution is 0.575. The van der Waals surface area contributed by atoms with E-state index in [1.54, 1.807) is 10.6 Å². The van der Waals surface area contributed by atoms with E-state index in [0.717, 1.165) is 11.6 Å². The number of hydrogen-bond acceptors (Lipinski definition) is 4. The van der Waals surface area contributed by atoms with E-state index in [4.69, 9.17) is 11.6 Å². The topological polar surface area (TPSA) is 80.6 Å². The number of benzene rings is 2. The summed E-state index contributed by atoms with van der Waals surface area (Å²) in [5, 5.41) is 0.531. The highest BCUT2D eigenvalue weighted by Gasteiger charge is 2.19. The molecule has 2 aromatic rings. The molecule has 2 aliphatic heterocycles. The normalized spacial score (nSPS) is 11.5. The minimum Gasteiger partial charge on any atom is -0.322 e. The van der Waals surface area contributed by atoms with E-state index in [1.165, 1.54) is 12.1 Å². The van der Waals surface area contributed by atoms with E-state index in [2.05, 4.69) is 15.0 Å². The number of fused-ring (bicyclic) bond motifs is 2. The van der Waals surface area contributed by atoms with Crippen LogP contribution in [0.15, 0.2) is 39.9 Å². The molecule has 0 fully saturated rings. The van der Waals surface area contributed by atoms with Crippen molar-refractivity contribution < 1.29 is 8.78 Å². The van der Waals surface area contributed by atoms with Crippen molar-refractivity contribution in [1.82, 2.24) is 19.5 Å². The van der Waals surface area contributed by atoms with Crippen molar-refractivity contribution in [2.75, 3.05) is 0 Å². The molecule has 0 radical (unpaired) electrons. The first-order valence-electron chi connectivity index (χ1n) is 9.43. The Hall–Kier alpha value is -3.13. The molecule has 0 unspecified atom stereocenters. The van der Waals surface area contributed by atoms with E-state index in [1.807, 2.05) is 13.0 Å². The first-order valence-corrected chi connectivity index (χ1v) is 9.81. The average molecular weight is 431 g/mol. The third kappa shape index (κ3) is 3.82. The quantitative estimate of drug-likeness (QED) is 0.489. The molecule has 0 aromatic heterocycles. The van der Waals surface area contributed by atoms with Gasteiger partial charge < -0.3 is 4.57 Å². The summed E-state index contributed by atoms with van der Waals surface area (Å²) in [6.07, 6.45) is 1.58. The molecule has 0 saturated carbocycles. The van der Waals surface area contributed by atoms with Crippen LogP contribution in [-0.2, 0) is 19.4 Å². The minimum atomic E-state index is -0.765. The zero-order chi connectivity index (χ0) is 21.4. The Morgan fingerprint density at radius 3 is 2.50 bits per heavy atom. The molecule has 0 atom stereocenters. The molecule has 2 aliphatic rings. The van der Waals surface area contributed by atoms with Crippen LogP contribution in [-0.4, -0.2) is 19.5 Å². The molecule has 0 aliphatic carbocycles. The molecule has 0 bridgehead atoms. The van der Waals surface area contributed by atoms with Crippen molar-refractivity contribution >= 4 is 22.6 Å². The molecule has 30 heavy (non-hydrogen) atoms. The lowest BCUT2D eigenvalue weighted by atomic mass is 10.1. The minimum absolute atomic E-state index is 0.0271. The average Bonchev–Trinajstić information content (AvgIpc) is 2.67. The van der Waals surface area contributed by atoms with E-state index >= 15 is 0 Å². The molecule has 2 heterocycles. The third-order valence-electron chi connectivity index (χ3n) is 4.93. The van der Waals surface area contributed by atoms with Crippen molar-refractivity contribution in [1.29, 1.82) is 0 Å². The zero-order valence-corrected chi connectivity index (χ0v) is 16.8. The van der Waals surface area contributed by atoms with Crippen LogP contribution < -0.4 is 11.2 Å². The highest BCUT2D eigenvalue weighted by atomic mass is 35.5. The second kappa shape index (κ2) is 7.95. The SMILES string of the molecule is CCc1cc2c(cc1Cl)nc1c(=O)[nH]c(=O)nc-1n2CCCc1cc(F)cc(F)c1. The summed E-state index contributed by atoms with van der Waals surface area (Å²) in [6.45, 7) is 2.32. The largest absolute Gasteiger partial charge is 0.349 e. The summed E-state index contributed by atoms with van der Waals surface area (Å²) in [5.41, 5.74) is 1.20. The van der Waals surface area contributed by atoms with Gasteiger partial charge in [-0.1, -0.05) is 18.5 Å². The Morgan fingerprint density at radius 1 is 1.07 bits per heavy atom. The number of rotatable bonds is 5. The van der Waals surface area contributed by atoms with Gasteiger partial charge in [0.25, 0.3) is 5.56 Å².